The molecule has 0 bridgehead atoms. The van der Waals surface area contributed by atoms with Crippen LogP contribution in [0.15, 0.2) is 54.7 Å². The number of aryl methyl sites for hydroxylation is 1. The normalized spacial score (nSPS) is 16.6. The fraction of sp³-hybridized carbons (Fsp3) is 0.269. The van der Waals surface area contributed by atoms with E-state index in [0.29, 0.717) is 32.9 Å². The maximum absolute atomic E-state index is 6.92. The van der Waals surface area contributed by atoms with Crippen LogP contribution in [0.2, 0.25) is 10.0 Å². The van der Waals surface area contributed by atoms with Crippen molar-refractivity contribution < 1.29 is 9.31 Å². The van der Waals surface area contributed by atoms with Crippen LogP contribution < -0.4 is 10.8 Å². The van der Waals surface area contributed by atoms with Gasteiger partial charge in [0, 0.05) is 27.8 Å². The van der Waals surface area contributed by atoms with Crippen molar-refractivity contribution >= 4 is 58.3 Å². The van der Waals surface area contributed by atoms with Gasteiger partial charge in [-0.2, -0.15) is 0 Å². The third kappa shape index (κ3) is 4.27. The Bertz CT molecular complexity index is 1430. The van der Waals surface area contributed by atoms with Gasteiger partial charge in [-0.3, -0.25) is 4.98 Å². The van der Waals surface area contributed by atoms with Crippen molar-refractivity contribution in [3.63, 3.8) is 0 Å². The van der Waals surface area contributed by atoms with E-state index in [-0.39, 0.29) is 0 Å². The Labute approximate surface area is 215 Å². The summed E-state index contributed by atoms with van der Waals surface area (Å²) in [6, 6.07) is 15.3. The highest BCUT2D eigenvalue weighted by Crippen LogP contribution is 2.40. The van der Waals surface area contributed by atoms with E-state index in [1.807, 2.05) is 83.1 Å². The summed E-state index contributed by atoms with van der Waals surface area (Å²) in [6.45, 7) is 9.92. The molecule has 3 heterocycles. The minimum atomic E-state index is -0.575. The van der Waals surface area contributed by atoms with Crippen molar-refractivity contribution in [1.82, 2.24) is 15.0 Å². The predicted molar refractivity (Wildman–Crippen MR) is 143 cm³/mol. The van der Waals surface area contributed by atoms with Gasteiger partial charge in [0.1, 0.15) is 11.3 Å². The molecule has 0 amide bonds. The predicted octanol–water partition coefficient (Wildman–Crippen LogP) is 6.35. The number of nitrogens with zero attached hydrogens (tertiary/aromatic N) is 3. The highest BCUT2D eigenvalue weighted by Gasteiger charge is 2.52. The Hall–Kier alpha value is -2.71. The highest BCUT2D eigenvalue weighted by atomic mass is 35.5. The minimum absolute atomic E-state index is 0.467. The maximum Gasteiger partial charge on any atom is 0.496 e. The molecule has 2 aromatic carbocycles. The number of benzene rings is 2. The Morgan fingerprint density at radius 3 is 2.20 bits per heavy atom. The minimum Gasteiger partial charge on any atom is -0.399 e. The van der Waals surface area contributed by atoms with Crippen LogP contribution in [0, 0.1) is 6.92 Å². The zero-order valence-electron chi connectivity index (χ0n) is 20.2. The summed E-state index contributed by atoms with van der Waals surface area (Å²) in [5.74, 6) is 1.22. The molecule has 178 valence electrons. The van der Waals surface area contributed by atoms with Gasteiger partial charge in [-0.05, 0) is 52.8 Å². The smallest absolute Gasteiger partial charge is 0.399 e. The molecule has 5 rings (SSSR count). The van der Waals surface area contributed by atoms with Crippen LogP contribution in [0.3, 0.4) is 0 Å². The lowest BCUT2D eigenvalue weighted by Crippen LogP contribution is -2.41. The molecule has 4 aromatic rings. The molecule has 6 nitrogen and oxygen atoms in total. The molecule has 0 aliphatic carbocycles. The fourth-order valence-corrected chi connectivity index (χ4v) is 4.64. The van der Waals surface area contributed by atoms with Crippen LogP contribution in [-0.2, 0) is 9.31 Å². The number of nitrogens with one attached hydrogen (secondary N) is 1. The van der Waals surface area contributed by atoms with Crippen LogP contribution >= 0.6 is 23.2 Å². The number of aromatic nitrogens is 3. The topological polar surface area (TPSA) is 69.2 Å². The lowest BCUT2D eigenvalue weighted by molar-refractivity contribution is 0.00578. The Morgan fingerprint density at radius 1 is 0.829 bits per heavy atom. The summed E-state index contributed by atoms with van der Waals surface area (Å²) in [4.78, 5) is 13.4. The van der Waals surface area contributed by atoms with Crippen molar-refractivity contribution in [2.24, 2.45) is 0 Å². The van der Waals surface area contributed by atoms with Crippen LogP contribution in [0.4, 0.5) is 11.5 Å². The first kappa shape index (κ1) is 24.0. The maximum atomic E-state index is 6.92. The van der Waals surface area contributed by atoms with E-state index >= 15 is 0 Å². The molecule has 2 aromatic heterocycles. The first-order chi connectivity index (χ1) is 16.6. The number of halogens is 2. The molecular formula is C26H25BCl2N4O2. The first-order valence-corrected chi connectivity index (χ1v) is 12.1. The Morgan fingerprint density at radius 2 is 1.49 bits per heavy atom. The van der Waals surface area contributed by atoms with Crippen LogP contribution in [0.5, 0.6) is 0 Å². The largest absolute Gasteiger partial charge is 0.496 e. The summed E-state index contributed by atoms with van der Waals surface area (Å²) < 4.78 is 12.5. The zero-order valence-corrected chi connectivity index (χ0v) is 21.7. The molecule has 1 aliphatic heterocycles. The van der Waals surface area contributed by atoms with Crippen LogP contribution in [0.1, 0.15) is 33.5 Å². The second kappa shape index (κ2) is 8.75. The van der Waals surface area contributed by atoms with Gasteiger partial charge in [-0.1, -0.05) is 53.5 Å². The fourth-order valence-electron chi connectivity index (χ4n) is 4.04. The lowest BCUT2D eigenvalue weighted by Gasteiger charge is -2.32. The molecular weight excluding hydrogens is 482 g/mol. The number of anilines is 2. The third-order valence-corrected chi connectivity index (χ3v) is 7.47. The van der Waals surface area contributed by atoms with Gasteiger partial charge in [0.2, 0.25) is 0 Å². The van der Waals surface area contributed by atoms with E-state index in [4.69, 9.17) is 32.5 Å². The van der Waals surface area contributed by atoms with Crippen LogP contribution in [0.25, 0.3) is 22.2 Å². The number of pyridine rings is 1. The lowest BCUT2D eigenvalue weighted by atomic mass is 9.77. The second-order valence-electron chi connectivity index (χ2n) is 9.58. The van der Waals surface area contributed by atoms with Crippen molar-refractivity contribution in [1.29, 1.82) is 0 Å². The van der Waals surface area contributed by atoms with E-state index in [9.17, 15) is 0 Å². The van der Waals surface area contributed by atoms with Crippen molar-refractivity contribution in [3.8, 4) is 11.1 Å². The average molecular weight is 507 g/mol. The summed E-state index contributed by atoms with van der Waals surface area (Å²) >= 11 is 13.8. The number of rotatable bonds is 4. The summed E-state index contributed by atoms with van der Waals surface area (Å²) in [7, 11) is -0.575. The molecule has 0 saturated carbocycles. The first-order valence-electron chi connectivity index (χ1n) is 11.4. The molecule has 0 atom stereocenters. The molecule has 0 unspecified atom stereocenters. The molecule has 1 saturated heterocycles. The standard InChI is InChI=1S/C26H25BCl2N4O2/c1-15-31-20-13-8-14-30-23(20)24(32-15)33-19-12-7-10-17(22(19)29)16-9-6-11-18(21(16)28)27-34-25(2,3)26(4,5)35-27/h6-14H,1-5H3,(H,31,32,33). The van der Waals surface area contributed by atoms with E-state index in [1.54, 1.807) is 6.20 Å². The van der Waals surface area contributed by atoms with Gasteiger partial charge in [-0.15, -0.1) is 0 Å². The molecule has 9 heteroatoms. The summed E-state index contributed by atoms with van der Waals surface area (Å²) in [5, 5.41) is 4.39. The van der Waals surface area contributed by atoms with Gasteiger partial charge in [0.25, 0.3) is 0 Å². The van der Waals surface area contributed by atoms with E-state index in [2.05, 4.69) is 20.3 Å². The summed E-state index contributed by atoms with van der Waals surface area (Å²) in [6.07, 6.45) is 1.71. The molecule has 1 fully saturated rings. The quantitative estimate of drug-likeness (QED) is 0.325. The zero-order chi connectivity index (χ0) is 25.0. The van der Waals surface area contributed by atoms with Gasteiger partial charge >= 0.3 is 7.12 Å². The SMILES string of the molecule is Cc1nc(Nc2cccc(-c3cccc(B4OC(C)(C)C(C)(C)O4)c3Cl)c2Cl)c2ncccc2n1. The van der Waals surface area contributed by atoms with Gasteiger partial charge in [-0.25, -0.2) is 9.97 Å². The monoisotopic (exact) mass is 506 g/mol. The van der Waals surface area contributed by atoms with Gasteiger partial charge in [0.15, 0.2) is 5.82 Å². The number of hydrogen-bond donors (Lipinski definition) is 1. The number of hydrogen-bond acceptors (Lipinski definition) is 6. The van der Waals surface area contributed by atoms with Gasteiger partial charge in [0.05, 0.1) is 27.4 Å². The number of fused-ring (bicyclic) bond motifs is 1. The molecule has 1 aliphatic rings. The Balaban J connectivity index is 1.54. The average Bonchev–Trinajstić information content (AvgIpc) is 3.02. The van der Waals surface area contributed by atoms with Gasteiger partial charge < -0.3 is 14.6 Å². The third-order valence-electron chi connectivity index (χ3n) is 6.64. The van der Waals surface area contributed by atoms with Crippen molar-refractivity contribution in [3.05, 3.63) is 70.6 Å². The van der Waals surface area contributed by atoms with E-state index in [0.717, 1.165) is 22.1 Å². The molecule has 1 N–H and O–H groups in total. The summed E-state index contributed by atoms with van der Waals surface area (Å²) in [5.41, 5.74) is 3.51. The second-order valence-corrected chi connectivity index (χ2v) is 10.3. The Kier molecular flexibility index (Phi) is 6.00. The van der Waals surface area contributed by atoms with E-state index in [1.165, 1.54) is 0 Å². The van der Waals surface area contributed by atoms with Crippen LogP contribution in [-0.4, -0.2) is 33.3 Å². The molecule has 0 spiro atoms. The van der Waals surface area contributed by atoms with Crippen molar-refractivity contribution in [2.75, 3.05) is 5.32 Å². The molecule has 0 radical (unpaired) electrons. The molecule has 35 heavy (non-hydrogen) atoms. The highest BCUT2D eigenvalue weighted by molar-refractivity contribution is 6.66. The van der Waals surface area contributed by atoms with E-state index < -0.39 is 18.3 Å². The van der Waals surface area contributed by atoms with Crippen molar-refractivity contribution in [2.45, 2.75) is 45.8 Å².